The minimum absolute atomic E-state index is 0.111. The zero-order valence-corrected chi connectivity index (χ0v) is 11.9. The SMILES string of the molecule is COc1ccc(S(=O)(=O)Cc2cccnc2CN)cc1. The van der Waals surface area contributed by atoms with Crippen molar-refractivity contribution in [1.82, 2.24) is 4.98 Å². The molecule has 0 radical (unpaired) electrons. The fraction of sp³-hybridized carbons (Fsp3) is 0.214. The molecule has 0 aliphatic rings. The lowest BCUT2D eigenvalue weighted by Gasteiger charge is -2.08. The summed E-state index contributed by atoms with van der Waals surface area (Å²) < 4.78 is 29.7. The van der Waals surface area contributed by atoms with E-state index < -0.39 is 9.84 Å². The van der Waals surface area contributed by atoms with Crippen LogP contribution in [0.25, 0.3) is 0 Å². The number of aromatic nitrogens is 1. The molecule has 2 N–H and O–H groups in total. The molecule has 0 aliphatic heterocycles. The van der Waals surface area contributed by atoms with Crippen LogP contribution in [0, 0.1) is 0 Å². The third-order valence-electron chi connectivity index (χ3n) is 2.94. The molecule has 20 heavy (non-hydrogen) atoms. The third-order valence-corrected chi connectivity index (χ3v) is 4.62. The van der Waals surface area contributed by atoms with Crippen LogP contribution in [-0.2, 0) is 22.1 Å². The summed E-state index contributed by atoms with van der Waals surface area (Å²) in [6, 6.07) is 9.76. The summed E-state index contributed by atoms with van der Waals surface area (Å²) in [5, 5.41) is 0. The van der Waals surface area contributed by atoms with E-state index in [2.05, 4.69) is 4.98 Å². The topological polar surface area (TPSA) is 82.3 Å². The highest BCUT2D eigenvalue weighted by Gasteiger charge is 2.17. The molecule has 0 amide bonds. The number of benzene rings is 1. The van der Waals surface area contributed by atoms with Crippen molar-refractivity contribution in [3.63, 3.8) is 0 Å². The molecule has 5 nitrogen and oxygen atoms in total. The van der Waals surface area contributed by atoms with Crippen LogP contribution in [0.4, 0.5) is 0 Å². The van der Waals surface area contributed by atoms with Gasteiger partial charge in [-0.25, -0.2) is 8.42 Å². The number of ether oxygens (including phenoxy) is 1. The molecule has 0 spiro atoms. The number of hydrogen-bond acceptors (Lipinski definition) is 5. The first-order chi connectivity index (χ1) is 9.56. The van der Waals surface area contributed by atoms with Gasteiger partial charge in [-0.15, -0.1) is 0 Å². The Kier molecular flexibility index (Phi) is 4.36. The smallest absolute Gasteiger partial charge is 0.182 e. The van der Waals surface area contributed by atoms with Gasteiger partial charge in [-0.2, -0.15) is 0 Å². The zero-order chi connectivity index (χ0) is 14.6. The normalized spacial score (nSPS) is 11.3. The summed E-state index contributed by atoms with van der Waals surface area (Å²) in [4.78, 5) is 4.35. The van der Waals surface area contributed by atoms with Gasteiger partial charge in [-0.1, -0.05) is 6.07 Å². The van der Waals surface area contributed by atoms with Crippen molar-refractivity contribution in [1.29, 1.82) is 0 Å². The Morgan fingerprint density at radius 3 is 2.50 bits per heavy atom. The molecule has 0 saturated carbocycles. The van der Waals surface area contributed by atoms with Gasteiger partial charge in [0.05, 0.1) is 23.5 Å². The Bertz CT molecular complexity index is 682. The van der Waals surface area contributed by atoms with E-state index in [4.69, 9.17) is 10.5 Å². The van der Waals surface area contributed by atoms with Crippen LogP contribution in [-0.4, -0.2) is 20.5 Å². The summed E-state index contributed by atoms with van der Waals surface area (Å²) in [5.41, 5.74) is 6.80. The fourth-order valence-electron chi connectivity index (χ4n) is 1.86. The molecule has 0 atom stereocenters. The zero-order valence-electron chi connectivity index (χ0n) is 11.1. The second-order valence-electron chi connectivity index (χ2n) is 4.25. The first-order valence-corrected chi connectivity index (χ1v) is 7.71. The van der Waals surface area contributed by atoms with Crippen LogP contribution in [0.1, 0.15) is 11.3 Å². The lowest BCUT2D eigenvalue weighted by atomic mass is 10.2. The van der Waals surface area contributed by atoms with Gasteiger partial charge in [0, 0.05) is 12.7 Å². The third kappa shape index (κ3) is 3.15. The molecular weight excluding hydrogens is 276 g/mol. The van der Waals surface area contributed by atoms with Crippen LogP contribution >= 0.6 is 0 Å². The first kappa shape index (κ1) is 14.5. The molecule has 2 rings (SSSR count). The second-order valence-corrected chi connectivity index (χ2v) is 6.24. The Labute approximate surface area is 118 Å². The maximum atomic E-state index is 12.4. The van der Waals surface area contributed by atoms with Crippen LogP contribution in [0.3, 0.4) is 0 Å². The molecule has 2 aromatic rings. The predicted octanol–water partition coefficient (Wildman–Crippen LogP) is 1.52. The molecule has 1 heterocycles. The highest BCUT2D eigenvalue weighted by atomic mass is 32.2. The van der Waals surface area contributed by atoms with E-state index in [1.165, 1.54) is 19.2 Å². The maximum absolute atomic E-state index is 12.4. The highest BCUT2D eigenvalue weighted by molar-refractivity contribution is 7.90. The van der Waals surface area contributed by atoms with Crippen molar-refractivity contribution in [3.8, 4) is 5.75 Å². The van der Waals surface area contributed by atoms with E-state index in [1.54, 1.807) is 30.5 Å². The van der Waals surface area contributed by atoms with Crippen LogP contribution in [0.2, 0.25) is 0 Å². The average Bonchev–Trinajstić information content (AvgIpc) is 2.47. The maximum Gasteiger partial charge on any atom is 0.182 e. The van der Waals surface area contributed by atoms with Gasteiger partial charge >= 0.3 is 0 Å². The van der Waals surface area contributed by atoms with Gasteiger partial charge in [-0.3, -0.25) is 4.98 Å². The molecule has 1 aromatic carbocycles. The minimum Gasteiger partial charge on any atom is -0.497 e. The monoisotopic (exact) mass is 292 g/mol. The quantitative estimate of drug-likeness (QED) is 0.903. The van der Waals surface area contributed by atoms with Crippen molar-refractivity contribution >= 4 is 9.84 Å². The molecule has 0 saturated heterocycles. The van der Waals surface area contributed by atoms with Gasteiger partial charge in [0.2, 0.25) is 0 Å². The van der Waals surface area contributed by atoms with E-state index in [0.29, 0.717) is 17.0 Å². The molecule has 6 heteroatoms. The van der Waals surface area contributed by atoms with Crippen molar-refractivity contribution in [2.75, 3.05) is 7.11 Å². The molecule has 0 fully saturated rings. The van der Waals surface area contributed by atoms with Gasteiger partial charge in [-0.05, 0) is 35.9 Å². The summed E-state index contributed by atoms with van der Waals surface area (Å²) in [6.45, 7) is 0.217. The molecule has 0 bridgehead atoms. The first-order valence-electron chi connectivity index (χ1n) is 6.06. The summed E-state index contributed by atoms with van der Waals surface area (Å²) in [5.74, 6) is 0.507. The van der Waals surface area contributed by atoms with E-state index in [0.717, 1.165) is 0 Å². The number of rotatable bonds is 5. The van der Waals surface area contributed by atoms with Crippen LogP contribution in [0.15, 0.2) is 47.5 Å². The van der Waals surface area contributed by atoms with E-state index in [1.807, 2.05) is 0 Å². The van der Waals surface area contributed by atoms with Crippen molar-refractivity contribution < 1.29 is 13.2 Å². The van der Waals surface area contributed by atoms with Crippen molar-refractivity contribution in [2.45, 2.75) is 17.2 Å². The Balaban J connectivity index is 2.30. The molecule has 106 valence electrons. The standard InChI is InChI=1S/C14H16N2O3S/c1-19-12-4-6-13(7-5-12)20(17,18)10-11-3-2-8-16-14(11)9-15/h2-8H,9-10,15H2,1H3. The summed E-state index contributed by atoms with van der Waals surface area (Å²) >= 11 is 0. The Hall–Kier alpha value is -1.92. The van der Waals surface area contributed by atoms with E-state index in [-0.39, 0.29) is 17.2 Å². The van der Waals surface area contributed by atoms with E-state index in [9.17, 15) is 8.42 Å². The highest BCUT2D eigenvalue weighted by Crippen LogP contribution is 2.20. The molecule has 1 aromatic heterocycles. The number of nitrogens with zero attached hydrogens (tertiary/aromatic N) is 1. The largest absolute Gasteiger partial charge is 0.497 e. The summed E-state index contributed by atoms with van der Waals surface area (Å²) in [7, 11) is -1.89. The van der Waals surface area contributed by atoms with Gasteiger partial charge in [0.15, 0.2) is 9.84 Å². The number of nitrogens with two attached hydrogens (primary N) is 1. The van der Waals surface area contributed by atoms with Crippen molar-refractivity contribution in [3.05, 3.63) is 53.9 Å². The van der Waals surface area contributed by atoms with Gasteiger partial charge < -0.3 is 10.5 Å². The Morgan fingerprint density at radius 1 is 1.20 bits per heavy atom. The number of methoxy groups -OCH3 is 1. The minimum atomic E-state index is -3.42. The lowest BCUT2D eigenvalue weighted by Crippen LogP contribution is -2.10. The van der Waals surface area contributed by atoms with Gasteiger partial charge in [0.25, 0.3) is 0 Å². The summed E-state index contributed by atoms with van der Waals surface area (Å²) in [6.07, 6.45) is 1.60. The van der Waals surface area contributed by atoms with Crippen LogP contribution < -0.4 is 10.5 Å². The number of hydrogen-bond donors (Lipinski definition) is 1. The number of sulfone groups is 1. The van der Waals surface area contributed by atoms with Gasteiger partial charge in [0.1, 0.15) is 5.75 Å². The second kappa shape index (κ2) is 6.02. The van der Waals surface area contributed by atoms with Crippen molar-refractivity contribution in [2.24, 2.45) is 5.73 Å². The molecule has 0 aliphatic carbocycles. The molecule has 0 unspecified atom stereocenters. The van der Waals surface area contributed by atoms with Crippen LogP contribution in [0.5, 0.6) is 5.75 Å². The molecular formula is C14H16N2O3S. The lowest BCUT2D eigenvalue weighted by molar-refractivity contribution is 0.414. The number of pyridine rings is 1. The average molecular weight is 292 g/mol. The van der Waals surface area contributed by atoms with E-state index >= 15 is 0 Å². The Morgan fingerprint density at radius 2 is 1.90 bits per heavy atom. The fourth-order valence-corrected chi connectivity index (χ4v) is 3.25. The predicted molar refractivity (Wildman–Crippen MR) is 76.0 cm³/mol.